The topological polar surface area (TPSA) is 73.0 Å². The number of hydrogen-bond donors (Lipinski definition) is 1. The number of furan rings is 1. The van der Waals surface area contributed by atoms with Gasteiger partial charge in [-0.3, -0.25) is 14.5 Å². The first kappa shape index (κ1) is 15.0. The fourth-order valence-corrected chi connectivity index (χ4v) is 2.58. The number of carbonyl (C=O) groups is 1. The van der Waals surface area contributed by atoms with Crippen molar-refractivity contribution in [3.8, 4) is 11.5 Å². The van der Waals surface area contributed by atoms with Gasteiger partial charge in [-0.1, -0.05) is 6.07 Å². The predicted molar refractivity (Wildman–Crippen MR) is 85.8 cm³/mol. The van der Waals surface area contributed by atoms with Crippen molar-refractivity contribution in [2.45, 2.75) is 20.4 Å². The normalized spacial score (nSPS) is 10.7. The first-order valence-electron chi connectivity index (χ1n) is 7.34. The number of rotatable bonds is 4. The molecule has 0 fully saturated rings. The lowest BCUT2D eigenvalue weighted by atomic mass is 10.1. The van der Waals surface area contributed by atoms with E-state index in [1.165, 1.54) is 0 Å². The molecule has 3 heterocycles. The molecule has 0 saturated heterocycles. The molecule has 0 unspecified atom stereocenters. The quantitative estimate of drug-likeness (QED) is 0.804. The fourth-order valence-electron chi connectivity index (χ4n) is 2.58. The highest BCUT2D eigenvalue weighted by molar-refractivity contribution is 5.96. The molecule has 3 rings (SSSR count). The second kappa shape index (κ2) is 6.08. The van der Waals surface area contributed by atoms with Crippen molar-refractivity contribution in [1.29, 1.82) is 0 Å². The molecular formula is C17H18N4O2. The van der Waals surface area contributed by atoms with Crippen LogP contribution < -0.4 is 5.32 Å². The summed E-state index contributed by atoms with van der Waals surface area (Å²) < 4.78 is 7.12. The summed E-state index contributed by atoms with van der Waals surface area (Å²) in [5, 5.41) is 7.21. The minimum absolute atomic E-state index is 0.137. The van der Waals surface area contributed by atoms with Crippen molar-refractivity contribution in [2.24, 2.45) is 7.05 Å². The predicted octanol–water partition coefficient (Wildman–Crippen LogP) is 2.62. The van der Waals surface area contributed by atoms with Crippen LogP contribution in [0.15, 0.2) is 41.1 Å². The summed E-state index contributed by atoms with van der Waals surface area (Å²) in [7, 11) is 1.83. The summed E-state index contributed by atoms with van der Waals surface area (Å²) in [6.07, 6.45) is 3.31. The molecule has 0 aliphatic heterocycles. The Morgan fingerprint density at radius 3 is 2.78 bits per heavy atom. The molecule has 0 bridgehead atoms. The molecule has 6 heteroatoms. The Balaban J connectivity index is 1.80. The van der Waals surface area contributed by atoms with Crippen LogP contribution >= 0.6 is 0 Å². The van der Waals surface area contributed by atoms with Crippen LogP contribution in [-0.2, 0) is 13.6 Å². The minimum atomic E-state index is -0.137. The molecule has 1 N–H and O–H groups in total. The van der Waals surface area contributed by atoms with Crippen LogP contribution in [0, 0.1) is 13.8 Å². The smallest absolute Gasteiger partial charge is 0.255 e. The number of nitrogens with one attached hydrogen (secondary N) is 1. The summed E-state index contributed by atoms with van der Waals surface area (Å²) in [5.74, 6) is 0.547. The van der Waals surface area contributed by atoms with Crippen LogP contribution in [-0.4, -0.2) is 20.7 Å². The van der Waals surface area contributed by atoms with E-state index in [0.29, 0.717) is 17.9 Å². The molecule has 0 atom stereocenters. The zero-order chi connectivity index (χ0) is 16.4. The molecule has 118 valence electrons. The SMILES string of the molecule is Cc1nn(C)c(C)c1C(=O)NCc1cccnc1-c1ccco1. The largest absolute Gasteiger partial charge is 0.463 e. The van der Waals surface area contributed by atoms with Gasteiger partial charge in [0.05, 0.1) is 17.5 Å². The highest BCUT2D eigenvalue weighted by Crippen LogP contribution is 2.21. The maximum absolute atomic E-state index is 12.5. The number of carbonyl (C=O) groups excluding carboxylic acids is 1. The van der Waals surface area contributed by atoms with Crippen molar-refractivity contribution in [3.05, 3.63) is 59.2 Å². The number of aryl methyl sites for hydroxylation is 2. The van der Waals surface area contributed by atoms with Gasteiger partial charge >= 0.3 is 0 Å². The minimum Gasteiger partial charge on any atom is -0.463 e. The van der Waals surface area contributed by atoms with Crippen LogP contribution in [0.1, 0.15) is 27.3 Å². The number of aromatic nitrogens is 3. The van der Waals surface area contributed by atoms with Gasteiger partial charge in [0.2, 0.25) is 0 Å². The van der Waals surface area contributed by atoms with Gasteiger partial charge in [-0.25, -0.2) is 0 Å². The van der Waals surface area contributed by atoms with Crippen molar-refractivity contribution >= 4 is 5.91 Å². The number of hydrogen-bond acceptors (Lipinski definition) is 4. The summed E-state index contributed by atoms with van der Waals surface area (Å²) in [4.78, 5) is 16.8. The highest BCUT2D eigenvalue weighted by atomic mass is 16.3. The second-order valence-corrected chi connectivity index (χ2v) is 5.34. The summed E-state index contributed by atoms with van der Waals surface area (Å²) in [5.41, 5.74) is 3.82. The molecule has 0 saturated carbocycles. The van der Waals surface area contributed by atoms with Crippen molar-refractivity contribution < 1.29 is 9.21 Å². The van der Waals surface area contributed by atoms with Gasteiger partial charge < -0.3 is 9.73 Å². The van der Waals surface area contributed by atoms with Crippen molar-refractivity contribution in [2.75, 3.05) is 0 Å². The Labute approximate surface area is 134 Å². The van der Waals surface area contributed by atoms with Gasteiger partial charge in [0, 0.05) is 31.0 Å². The van der Waals surface area contributed by atoms with Crippen LogP contribution in [0.25, 0.3) is 11.5 Å². The lowest BCUT2D eigenvalue weighted by molar-refractivity contribution is 0.0949. The van der Waals surface area contributed by atoms with Gasteiger partial charge in [0.1, 0.15) is 5.69 Å². The fraction of sp³-hybridized carbons (Fsp3) is 0.235. The lowest BCUT2D eigenvalue weighted by Crippen LogP contribution is -2.24. The van der Waals surface area contributed by atoms with Crippen molar-refractivity contribution in [1.82, 2.24) is 20.1 Å². The Morgan fingerprint density at radius 2 is 2.13 bits per heavy atom. The molecule has 3 aromatic heterocycles. The molecule has 0 aliphatic rings. The van der Waals surface area contributed by atoms with E-state index in [2.05, 4.69) is 15.4 Å². The summed E-state index contributed by atoms with van der Waals surface area (Å²) >= 11 is 0. The van der Waals surface area contributed by atoms with E-state index in [-0.39, 0.29) is 5.91 Å². The molecule has 0 aromatic carbocycles. The maximum atomic E-state index is 12.5. The monoisotopic (exact) mass is 310 g/mol. The van der Waals surface area contributed by atoms with Crippen LogP contribution in [0.3, 0.4) is 0 Å². The molecule has 23 heavy (non-hydrogen) atoms. The molecule has 0 aliphatic carbocycles. The zero-order valence-corrected chi connectivity index (χ0v) is 13.3. The van der Waals surface area contributed by atoms with Crippen LogP contribution in [0.5, 0.6) is 0 Å². The third kappa shape index (κ3) is 2.88. The highest BCUT2D eigenvalue weighted by Gasteiger charge is 2.17. The first-order valence-corrected chi connectivity index (χ1v) is 7.34. The number of amides is 1. The molecular weight excluding hydrogens is 292 g/mol. The van der Waals surface area contributed by atoms with Crippen molar-refractivity contribution in [3.63, 3.8) is 0 Å². The Hall–Kier alpha value is -2.89. The Kier molecular flexibility index (Phi) is 3.97. The third-order valence-electron chi connectivity index (χ3n) is 3.82. The average molecular weight is 310 g/mol. The summed E-state index contributed by atoms with van der Waals surface area (Å²) in [6, 6.07) is 7.43. The third-order valence-corrected chi connectivity index (χ3v) is 3.82. The van der Waals surface area contributed by atoms with E-state index in [4.69, 9.17) is 4.42 Å². The van der Waals surface area contributed by atoms with Gasteiger partial charge in [0.25, 0.3) is 5.91 Å². The van der Waals surface area contributed by atoms with E-state index in [1.54, 1.807) is 17.1 Å². The maximum Gasteiger partial charge on any atom is 0.255 e. The van der Waals surface area contributed by atoms with E-state index in [1.807, 2.05) is 45.2 Å². The first-order chi connectivity index (χ1) is 11.1. The van der Waals surface area contributed by atoms with E-state index in [9.17, 15) is 4.79 Å². The van der Waals surface area contributed by atoms with Crippen LogP contribution in [0.4, 0.5) is 0 Å². The lowest BCUT2D eigenvalue weighted by Gasteiger charge is -2.08. The molecule has 0 radical (unpaired) electrons. The second-order valence-electron chi connectivity index (χ2n) is 5.34. The number of pyridine rings is 1. The molecule has 1 amide bonds. The van der Waals surface area contributed by atoms with Gasteiger partial charge in [0.15, 0.2) is 5.76 Å². The van der Waals surface area contributed by atoms with Gasteiger partial charge in [-0.05, 0) is 32.0 Å². The summed E-state index contributed by atoms with van der Waals surface area (Å²) in [6.45, 7) is 4.09. The van der Waals surface area contributed by atoms with E-state index in [0.717, 1.165) is 22.6 Å². The standard InChI is InChI=1S/C17H18N4O2/c1-11-15(12(2)21(3)20-11)17(22)19-10-13-6-4-8-18-16(13)14-7-5-9-23-14/h4-9H,10H2,1-3H3,(H,19,22). The van der Waals surface area contributed by atoms with E-state index >= 15 is 0 Å². The molecule has 0 spiro atoms. The van der Waals surface area contributed by atoms with Crippen LogP contribution in [0.2, 0.25) is 0 Å². The Bertz CT molecular complexity index is 834. The van der Waals surface area contributed by atoms with Gasteiger partial charge in [-0.15, -0.1) is 0 Å². The molecule has 6 nitrogen and oxygen atoms in total. The molecule has 3 aromatic rings. The van der Waals surface area contributed by atoms with Gasteiger partial charge in [-0.2, -0.15) is 5.10 Å². The zero-order valence-electron chi connectivity index (χ0n) is 13.3. The van der Waals surface area contributed by atoms with E-state index < -0.39 is 0 Å². The average Bonchev–Trinajstić information content (AvgIpc) is 3.15. The number of nitrogens with zero attached hydrogens (tertiary/aromatic N) is 3. The Morgan fingerprint density at radius 1 is 1.30 bits per heavy atom.